The molecular weight excluding hydrogens is 256 g/mol. The molecule has 0 spiro atoms. The van der Waals surface area contributed by atoms with E-state index in [9.17, 15) is 0 Å². The molecule has 8 heteroatoms. The SMILES string of the molecule is C[C@@H](C[C@H](C)c1n[nH+]c(N)s1)c1nnc(N)s1. The predicted octanol–water partition coefficient (Wildman–Crippen LogP) is 1.27. The van der Waals surface area contributed by atoms with Crippen LogP contribution in [-0.4, -0.2) is 15.3 Å². The first-order valence-corrected chi connectivity index (χ1v) is 6.92. The second-order valence-electron chi connectivity index (χ2n) is 4.04. The van der Waals surface area contributed by atoms with Gasteiger partial charge in [0.25, 0.3) is 0 Å². The maximum absolute atomic E-state index is 5.63. The Morgan fingerprint density at radius 3 is 2.35 bits per heavy atom. The number of rotatable bonds is 4. The van der Waals surface area contributed by atoms with Crippen molar-refractivity contribution in [3.63, 3.8) is 0 Å². The van der Waals surface area contributed by atoms with Gasteiger partial charge in [-0.3, -0.25) is 5.73 Å². The summed E-state index contributed by atoms with van der Waals surface area (Å²) in [7, 11) is 0. The molecule has 0 aliphatic carbocycles. The van der Waals surface area contributed by atoms with Crippen molar-refractivity contribution in [1.29, 1.82) is 0 Å². The first kappa shape index (κ1) is 12.2. The first-order valence-electron chi connectivity index (χ1n) is 5.29. The van der Waals surface area contributed by atoms with E-state index in [1.54, 1.807) is 0 Å². The van der Waals surface area contributed by atoms with E-state index in [2.05, 4.69) is 34.2 Å². The molecule has 0 aromatic carbocycles. The number of aromatic amines is 1. The van der Waals surface area contributed by atoms with Gasteiger partial charge in [-0.25, -0.2) is 0 Å². The number of aromatic nitrogens is 4. The lowest BCUT2D eigenvalue weighted by Crippen LogP contribution is -2.08. The lowest BCUT2D eigenvalue weighted by molar-refractivity contribution is -0.433. The summed E-state index contributed by atoms with van der Waals surface area (Å²) in [5.41, 5.74) is 11.2. The van der Waals surface area contributed by atoms with Crippen molar-refractivity contribution < 1.29 is 5.10 Å². The number of nitrogens with zero attached hydrogens (tertiary/aromatic N) is 3. The number of anilines is 2. The standard InChI is InChI=1S/C9H14N6S2/c1-4(6-12-14-8(10)16-6)3-5(2)7-13-15-9(11)17-7/h4-5H,3H2,1-2H3,(H2,10,14)(H2,11,15)/p+1/t4-,5-/m0/s1. The van der Waals surface area contributed by atoms with Gasteiger partial charge in [0.05, 0.1) is 0 Å². The molecule has 17 heavy (non-hydrogen) atoms. The Balaban J connectivity index is 2.01. The van der Waals surface area contributed by atoms with E-state index in [-0.39, 0.29) is 0 Å². The van der Waals surface area contributed by atoms with Gasteiger partial charge in [0.2, 0.25) is 5.13 Å². The number of hydrogen-bond donors (Lipinski definition) is 2. The lowest BCUT2D eigenvalue weighted by atomic mass is 9.98. The van der Waals surface area contributed by atoms with E-state index in [1.807, 2.05) is 0 Å². The van der Waals surface area contributed by atoms with Crippen LogP contribution in [0.5, 0.6) is 0 Å². The summed E-state index contributed by atoms with van der Waals surface area (Å²) in [6.45, 7) is 4.25. The van der Waals surface area contributed by atoms with Gasteiger partial charge in [-0.15, -0.1) is 15.3 Å². The lowest BCUT2D eigenvalue weighted by Gasteiger charge is -2.11. The molecule has 0 bridgehead atoms. The highest BCUT2D eigenvalue weighted by molar-refractivity contribution is 7.15. The second kappa shape index (κ2) is 4.92. The van der Waals surface area contributed by atoms with E-state index in [1.165, 1.54) is 22.7 Å². The Morgan fingerprint density at radius 1 is 1.12 bits per heavy atom. The molecule has 0 fully saturated rings. The molecule has 6 nitrogen and oxygen atoms in total. The van der Waals surface area contributed by atoms with E-state index in [0.29, 0.717) is 22.1 Å². The van der Waals surface area contributed by atoms with Gasteiger partial charge < -0.3 is 5.73 Å². The molecule has 2 atom stereocenters. The average Bonchev–Trinajstić information content (AvgIpc) is 2.87. The topological polar surface area (TPSA) is 105 Å². The molecule has 0 amide bonds. The third-order valence-electron chi connectivity index (χ3n) is 2.50. The van der Waals surface area contributed by atoms with Crippen LogP contribution in [0.1, 0.15) is 42.1 Å². The summed E-state index contributed by atoms with van der Waals surface area (Å²) in [6.07, 6.45) is 0.954. The number of H-pyrrole nitrogens is 1. The zero-order valence-corrected chi connectivity index (χ0v) is 11.3. The molecule has 2 heterocycles. The summed E-state index contributed by atoms with van der Waals surface area (Å²) >= 11 is 2.94. The van der Waals surface area contributed by atoms with Crippen molar-refractivity contribution in [2.24, 2.45) is 0 Å². The van der Waals surface area contributed by atoms with Crippen LogP contribution < -0.4 is 16.6 Å². The molecule has 0 radical (unpaired) electrons. The largest absolute Gasteiger partial charge is 0.374 e. The molecule has 5 N–H and O–H groups in total. The fraction of sp³-hybridized carbons (Fsp3) is 0.556. The van der Waals surface area contributed by atoms with Gasteiger partial charge in [0.1, 0.15) is 10.0 Å². The van der Waals surface area contributed by atoms with Gasteiger partial charge in [-0.05, 0) is 17.8 Å². The number of hydrogen-bond acceptors (Lipinski definition) is 7. The highest BCUT2D eigenvalue weighted by Gasteiger charge is 2.19. The molecule has 92 valence electrons. The molecular formula is C9H15N6S2+. The third-order valence-corrected chi connectivity index (χ3v) is 4.50. The molecule has 0 unspecified atom stereocenters. The van der Waals surface area contributed by atoms with Gasteiger partial charge in [0.15, 0.2) is 0 Å². The van der Waals surface area contributed by atoms with Gasteiger partial charge in [0, 0.05) is 11.8 Å². The summed E-state index contributed by atoms with van der Waals surface area (Å²) in [4.78, 5) is 0. The fourth-order valence-corrected chi connectivity index (χ4v) is 3.04. The molecule has 0 saturated carbocycles. The molecule has 2 rings (SSSR count). The molecule has 2 aromatic heterocycles. The maximum atomic E-state index is 5.63. The zero-order valence-electron chi connectivity index (χ0n) is 9.67. The van der Waals surface area contributed by atoms with Crippen LogP contribution >= 0.6 is 22.7 Å². The summed E-state index contributed by atoms with van der Waals surface area (Å²) in [5.74, 6) is 0.665. The van der Waals surface area contributed by atoms with Crippen LogP contribution in [0.3, 0.4) is 0 Å². The van der Waals surface area contributed by atoms with E-state index in [4.69, 9.17) is 11.5 Å². The monoisotopic (exact) mass is 271 g/mol. The average molecular weight is 271 g/mol. The zero-order chi connectivity index (χ0) is 12.4. The van der Waals surface area contributed by atoms with Crippen molar-refractivity contribution in [2.75, 3.05) is 11.5 Å². The Labute approximate surface area is 107 Å². The van der Waals surface area contributed by atoms with Crippen LogP contribution in [0, 0.1) is 0 Å². The van der Waals surface area contributed by atoms with Gasteiger partial charge in [-0.1, -0.05) is 30.3 Å². The highest BCUT2D eigenvalue weighted by atomic mass is 32.1. The number of nitrogens with one attached hydrogen (secondary N) is 1. The quantitative estimate of drug-likeness (QED) is 0.871. The van der Waals surface area contributed by atoms with Crippen LogP contribution in [-0.2, 0) is 0 Å². The van der Waals surface area contributed by atoms with Crippen molar-refractivity contribution >= 4 is 32.9 Å². The van der Waals surface area contributed by atoms with Gasteiger partial charge >= 0.3 is 5.13 Å². The number of nitrogens with two attached hydrogens (primary N) is 2. The third kappa shape index (κ3) is 2.89. The predicted molar refractivity (Wildman–Crippen MR) is 68.9 cm³/mol. The van der Waals surface area contributed by atoms with E-state index < -0.39 is 0 Å². The van der Waals surface area contributed by atoms with Crippen LogP contribution in [0.15, 0.2) is 0 Å². The maximum Gasteiger partial charge on any atom is 0.351 e. The molecule has 2 aromatic rings. The second-order valence-corrected chi connectivity index (χ2v) is 6.15. The number of nitrogen functional groups attached to an aromatic ring is 2. The minimum Gasteiger partial charge on any atom is -0.374 e. The van der Waals surface area contributed by atoms with Gasteiger partial charge in [-0.2, -0.15) is 0 Å². The Hall–Kier alpha value is -1.28. The first-order chi connectivity index (χ1) is 8.06. The minimum atomic E-state index is 0.324. The van der Waals surface area contributed by atoms with Crippen molar-refractivity contribution in [3.8, 4) is 0 Å². The minimum absolute atomic E-state index is 0.324. The van der Waals surface area contributed by atoms with Crippen LogP contribution in [0.2, 0.25) is 0 Å². The molecule has 0 aliphatic heterocycles. The van der Waals surface area contributed by atoms with Crippen LogP contribution in [0.4, 0.5) is 10.3 Å². The summed E-state index contributed by atoms with van der Waals surface area (Å²) in [6, 6.07) is 0. The fourth-order valence-electron chi connectivity index (χ4n) is 1.66. The van der Waals surface area contributed by atoms with E-state index >= 15 is 0 Å². The normalized spacial score (nSPS) is 14.7. The van der Waals surface area contributed by atoms with Crippen LogP contribution in [0.25, 0.3) is 0 Å². The highest BCUT2D eigenvalue weighted by Crippen LogP contribution is 2.32. The smallest absolute Gasteiger partial charge is 0.351 e. The van der Waals surface area contributed by atoms with Crippen molar-refractivity contribution in [2.45, 2.75) is 32.1 Å². The summed E-state index contributed by atoms with van der Waals surface area (Å²) < 4.78 is 0. The van der Waals surface area contributed by atoms with Crippen molar-refractivity contribution in [3.05, 3.63) is 10.0 Å². The molecule has 0 aliphatic rings. The van der Waals surface area contributed by atoms with E-state index in [0.717, 1.165) is 16.4 Å². The Morgan fingerprint density at radius 2 is 1.82 bits per heavy atom. The Kier molecular flexibility index (Phi) is 3.53. The molecule has 0 saturated heterocycles. The van der Waals surface area contributed by atoms with Crippen molar-refractivity contribution in [1.82, 2.24) is 15.3 Å². The Bertz CT molecular complexity index is 449. The summed E-state index contributed by atoms with van der Waals surface area (Å²) in [5, 5.41) is 18.0.